The number of halogens is 1. The number of rotatable bonds is 10. The molecule has 1 aliphatic rings. The van der Waals surface area contributed by atoms with Gasteiger partial charge in [0.15, 0.2) is 0 Å². The van der Waals surface area contributed by atoms with Gasteiger partial charge in [0.1, 0.15) is 5.82 Å². The standard InChI is InChI=1S/C28H34ClN7S/c1-3-34-13-15-35(16-14-34)28-32-21(2)18-27(33-28)36(20-23-6-4-17-37-23)12-5-10-30-25-9-11-31-26-19-22(29)7-8-24(25)26/h4,6-9,11,17-19H,3,5,10,12-16,20H2,1-2H3,(H,30,31). The summed E-state index contributed by atoms with van der Waals surface area (Å²) in [5.74, 6) is 1.85. The number of aryl methyl sites for hydroxylation is 1. The minimum atomic E-state index is 0.702. The van der Waals surface area contributed by atoms with E-state index in [0.717, 1.165) is 92.8 Å². The van der Waals surface area contributed by atoms with Gasteiger partial charge in [-0.1, -0.05) is 24.6 Å². The highest BCUT2D eigenvalue weighted by Crippen LogP contribution is 2.25. The fourth-order valence-electron chi connectivity index (χ4n) is 4.74. The molecule has 0 unspecified atom stereocenters. The van der Waals surface area contributed by atoms with E-state index in [1.54, 1.807) is 11.3 Å². The molecule has 7 nitrogen and oxygen atoms in total. The Morgan fingerprint density at radius 2 is 1.95 bits per heavy atom. The summed E-state index contributed by atoms with van der Waals surface area (Å²) >= 11 is 7.94. The smallest absolute Gasteiger partial charge is 0.227 e. The summed E-state index contributed by atoms with van der Waals surface area (Å²) in [7, 11) is 0. The molecule has 9 heteroatoms. The van der Waals surface area contributed by atoms with E-state index in [-0.39, 0.29) is 0 Å². The highest BCUT2D eigenvalue weighted by atomic mass is 35.5. The van der Waals surface area contributed by atoms with Crippen molar-refractivity contribution in [2.24, 2.45) is 0 Å². The maximum absolute atomic E-state index is 6.15. The number of nitrogens with zero attached hydrogens (tertiary/aromatic N) is 6. The van der Waals surface area contributed by atoms with E-state index in [1.165, 1.54) is 4.88 Å². The van der Waals surface area contributed by atoms with Crippen LogP contribution in [0.2, 0.25) is 5.02 Å². The number of hydrogen-bond acceptors (Lipinski definition) is 8. The molecule has 1 fully saturated rings. The molecule has 0 saturated carbocycles. The van der Waals surface area contributed by atoms with Crippen LogP contribution >= 0.6 is 22.9 Å². The summed E-state index contributed by atoms with van der Waals surface area (Å²) in [4.78, 5) is 22.8. The first-order valence-corrected chi connectivity index (χ1v) is 14.2. The van der Waals surface area contributed by atoms with Gasteiger partial charge in [0.2, 0.25) is 5.95 Å². The van der Waals surface area contributed by atoms with E-state index in [1.807, 2.05) is 30.5 Å². The summed E-state index contributed by atoms with van der Waals surface area (Å²) < 4.78 is 0. The van der Waals surface area contributed by atoms with E-state index in [9.17, 15) is 0 Å². The number of nitrogens with one attached hydrogen (secondary N) is 1. The molecule has 0 amide bonds. The largest absolute Gasteiger partial charge is 0.384 e. The fraction of sp³-hybridized carbons (Fsp3) is 0.393. The first-order chi connectivity index (χ1) is 18.1. The average Bonchev–Trinajstić information content (AvgIpc) is 3.43. The van der Waals surface area contributed by atoms with Gasteiger partial charge in [-0.3, -0.25) is 4.98 Å². The Morgan fingerprint density at radius 3 is 2.73 bits per heavy atom. The Balaban J connectivity index is 1.29. The molecule has 0 aliphatic carbocycles. The minimum absolute atomic E-state index is 0.702. The first kappa shape index (κ1) is 25.7. The zero-order valence-electron chi connectivity index (χ0n) is 21.5. The van der Waals surface area contributed by atoms with E-state index in [4.69, 9.17) is 21.6 Å². The van der Waals surface area contributed by atoms with Gasteiger partial charge >= 0.3 is 0 Å². The number of thiophene rings is 1. The molecular weight excluding hydrogens is 502 g/mol. The Morgan fingerprint density at radius 1 is 1.08 bits per heavy atom. The Labute approximate surface area is 228 Å². The molecule has 3 aromatic heterocycles. The highest BCUT2D eigenvalue weighted by molar-refractivity contribution is 7.09. The summed E-state index contributed by atoms with van der Waals surface area (Å²) in [5, 5.41) is 7.53. The lowest BCUT2D eigenvalue weighted by Crippen LogP contribution is -2.47. The topological polar surface area (TPSA) is 60.4 Å². The molecule has 1 aliphatic heterocycles. The highest BCUT2D eigenvalue weighted by Gasteiger charge is 2.20. The predicted molar refractivity (Wildman–Crippen MR) is 156 cm³/mol. The lowest BCUT2D eigenvalue weighted by Gasteiger charge is -2.34. The maximum atomic E-state index is 6.15. The van der Waals surface area contributed by atoms with Crippen molar-refractivity contribution in [3.05, 3.63) is 69.6 Å². The van der Waals surface area contributed by atoms with Gasteiger partial charge in [0.05, 0.1) is 12.1 Å². The normalized spacial score (nSPS) is 14.3. The maximum Gasteiger partial charge on any atom is 0.227 e. The summed E-state index contributed by atoms with van der Waals surface area (Å²) in [5.41, 5.74) is 2.99. The van der Waals surface area contributed by atoms with Crippen molar-refractivity contribution in [1.29, 1.82) is 0 Å². The Bertz CT molecular complexity index is 1310. The molecule has 0 bridgehead atoms. The third kappa shape index (κ3) is 6.50. The predicted octanol–water partition coefficient (Wildman–Crippen LogP) is 5.70. The molecule has 1 aromatic carbocycles. The second-order valence-electron chi connectivity index (χ2n) is 9.39. The van der Waals surface area contributed by atoms with Crippen LogP contribution in [0.4, 0.5) is 17.5 Å². The molecule has 4 aromatic rings. The monoisotopic (exact) mass is 535 g/mol. The lowest BCUT2D eigenvalue weighted by molar-refractivity contribution is 0.270. The van der Waals surface area contributed by atoms with Gasteiger partial charge in [0, 0.05) is 78.2 Å². The molecule has 4 heterocycles. The summed E-state index contributed by atoms with van der Waals surface area (Å²) in [6.07, 6.45) is 2.80. The van der Waals surface area contributed by atoms with Crippen molar-refractivity contribution in [3.8, 4) is 0 Å². The van der Waals surface area contributed by atoms with E-state index < -0.39 is 0 Å². The number of likely N-dealkylation sites (N-methyl/N-ethyl adjacent to an activating group) is 1. The molecule has 37 heavy (non-hydrogen) atoms. The number of anilines is 3. The molecule has 0 spiro atoms. The van der Waals surface area contributed by atoms with Crippen LogP contribution < -0.4 is 15.1 Å². The van der Waals surface area contributed by atoms with Crippen molar-refractivity contribution in [3.63, 3.8) is 0 Å². The van der Waals surface area contributed by atoms with Crippen LogP contribution in [0.25, 0.3) is 10.9 Å². The van der Waals surface area contributed by atoms with Gasteiger partial charge in [-0.2, -0.15) is 4.98 Å². The van der Waals surface area contributed by atoms with Gasteiger partial charge in [-0.15, -0.1) is 11.3 Å². The second-order valence-corrected chi connectivity index (χ2v) is 10.9. The van der Waals surface area contributed by atoms with E-state index in [2.05, 4.69) is 62.4 Å². The van der Waals surface area contributed by atoms with Crippen LogP contribution in [0.3, 0.4) is 0 Å². The van der Waals surface area contributed by atoms with Crippen molar-refractivity contribution < 1.29 is 0 Å². The van der Waals surface area contributed by atoms with Crippen molar-refractivity contribution in [1.82, 2.24) is 19.9 Å². The molecule has 1 saturated heterocycles. The number of aromatic nitrogens is 3. The second kappa shape index (κ2) is 12.1. The molecule has 0 atom stereocenters. The number of hydrogen-bond donors (Lipinski definition) is 1. The summed E-state index contributed by atoms with van der Waals surface area (Å²) in [6.45, 7) is 12.0. The molecule has 5 rings (SSSR count). The Kier molecular flexibility index (Phi) is 8.38. The number of pyridine rings is 1. The zero-order chi connectivity index (χ0) is 25.6. The third-order valence-corrected chi connectivity index (χ3v) is 7.90. The Hall–Kier alpha value is -2.94. The van der Waals surface area contributed by atoms with Crippen LogP contribution in [0.1, 0.15) is 23.9 Å². The zero-order valence-corrected chi connectivity index (χ0v) is 23.1. The van der Waals surface area contributed by atoms with Crippen LogP contribution in [0, 0.1) is 6.92 Å². The number of benzene rings is 1. The molecule has 194 valence electrons. The van der Waals surface area contributed by atoms with E-state index >= 15 is 0 Å². The lowest BCUT2D eigenvalue weighted by atomic mass is 10.2. The number of fused-ring (bicyclic) bond motifs is 1. The van der Waals surface area contributed by atoms with Crippen molar-refractivity contribution in [2.45, 2.75) is 26.8 Å². The quantitative estimate of drug-likeness (QED) is 0.261. The summed E-state index contributed by atoms with van der Waals surface area (Å²) in [6, 6.07) is 14.3. The van der Waals surface area contributed by atoms with Crippen molar-refractivity contribution in [2.75, 3.05) is 60.9 Å². The number of piperazine rings is 1. The van der Waals surface area contributed by atoms with Gasteiger partial charge in [-0.25, -0.2) is 4.98 Å². The SMILES string of the molecule is CCN1CCN(c2nc(C)cc(N(CCCNc3ccnc4cc(Cl)ccc34)Cc3cccs3)n2)CC1. The van der Waals surface area contributed by atoms with Gasteiger partial charge < -0.3 is 20.0 Å². The van der Waals surface area contributed by atoms with Crippen LogP contribution in [-0.4, -0.2) is 65.7 Å². The molecule has 1 N–H and O–H groups in total. The van der Waals surface area contributed by atoms with E-state index in [0.29, 0.717) is 5.02 Å². The third-order valence-electron chi connectivity index (χ3n) is 6.81. The van der Waals surface area contributed by atoms with Crippen LogP contribution in [0.5, 0.6) is 0 Å². The van der Waals surface area contributed by atoms with Crippen molar-refractivity contribution >= 4 is 51.3 Å². The van der Waals surface area contributed by atoms with Crippen LogP contribution in [0.15, 0.2) is 54.0 Å². The minimum Gasteiger partial charge on any atom is -0.384 e. The fourth-order valence-corrected chi connectivity index (χ4v) is 5.62. The van der Waals surface area contributed by atoms with Crippen LogP contribution in [-0.2, 0) is 6.54 Å². The molecular formula is C28H34ClN7S. The van der Waals surface area contributed by atoms with Gasteiger partial charge in [0.25, 0.3) is 0 Å². The molecule has 0 radical (unpaired) electrons. The first-order valence-electron chi connectivity index (χ1n) is 13.0. The average molecular weight is 536 g/mol. The van der Waals surface area contributed by atoms with Gasteiger partial charge in [-0.05, 0) is 55.6 Å².